The molecule has 0 bridgehead atoms. The number of fused-ring (bicyclic) bond motifs is 5. The van der Waals surface area contributed by atoms with E-state index < -0.39 is 11.8 Å². The Morgan fingerprint density at radius 3 is 1.88 bits per heavy atom. The summed E-state index contributed by atoms with van der Waals surface area (Å²) in [6.07, 6.45) is 3.65. The van der Waals surface area contributed by atoms with Crippen molar-refractivity contribution in [2.45, 2.75) is 90.0 Å². The summed E-state index contributed by atoms with van der Waals surface area (Å²) >= 11 is 0. The first kappa shape index (κ1) is 36.4. The average Bonchev–Trinajstić information content (AvgIpc) is 3.80. The maximum atomic E-state index is 13.7. The van der Waals surface area contributed by atoms with Gasteiger partial charge in [-0.2, -0.15) is 5.11 Å². The van der Waals surface area contributed by atoms with Crippen LogP contribution < -0.4 is 0 Å². The van der Waals surface area contributed by atoms with Crippen LogP contribution in [0.1, 0.15) is 90.0 Å². The number of nitrogens with zero attached hydrogens (tertiary/aromatic N) is 6. The molecule has 4 fully saturated rings. The van der Waals surface area contributed by atoms with Crippen LogP contribution in [0.3, 0.4) is 0 Å². The molecule has 2 aromatic heterocycles. The zero-order valence-electron chi connectivity index (χ0n) is 33.5. The molecule has 6 aromatic rings. The van der Waals surface area contributed by atoms with E-state index in [-0.39, 0.29) is 35.7 Å². The Bertz CT molecular complexity index is 2680. The van der Waals surface area contributed by atoms with Crippen LogP contribution in [0.15, 0.2) is 83.0 Å². The Balaban J connectivity index is 0.891. The number of azo groups is 1. The lowest BCUT2D eigenvalue weighted by Gasteiger charge is -2.31. The minimum absolute atomic E-state index is 0.0154. The van der Waals surface area contributed by atoms with Crippen LogP contribution in [-0.2, 0) is 14.3 Å². The van der Waals surface area contributed by atoms with Gasteiger partial charge in [0.2, 0.25) is 11.8 Å². The number of rotatable bonds is 9. The Kier molecular flexibility index (Phi) is 8.54. The number of benzene rings is 4. The van der Waals surface area contributed by atoms with Gasteiger partial charge in [0.1, 0.15) is 11.6 Å². The summed E-state index contributed by atoms with van der Waals surface area (Å²) in [6.45, 7) is 8.25. The van der Waals surface area contributed by atoms with E-state index in [9.17, 15) is 14.4 Å². The second-order valence-corrected chi connectivity index (χ2v) is 17.8. The number of amides is 3. The largest absolute Gasteiger partial charge is 0.451 e. The topological polar surface area (TPSA) is 149 Å². The van der Waals surface area contributed by atoms with Crippen LogP contribution in [0.4, 0.5) is 4.79 Å². The predicted octanol–water partition coefficient (Wildman–Crippen LogP) is 9.89. The summed E-state index contributed by atoms with van der Waals surface area (Å²) in [4.78, 5) is 59.7. The number of piperidine rings is 2. The molecular formula is C46H48N8O4. The van der Waals surface area contributed by atoms with Gasteiger partial charge in [0, 0.05) is 31.2 Å². The molecule has 58 heavy (non-hydrogen) atoms. The molecule has 4 heterocycles. The van der Waals surface area contributed by atoms with E-state index in [1.807, 2.05) is 24.8 Å². The first-order valence-corrected chi connectivity index (χ1v) is 20.7. The van der Waals surface area contributed by atoms with Crippen molar-refractivity contribution >= 4 is 50.7 Å². The molecule has 3 amide bonds. The number of imidazole rings is 2. The maximum absolute atomic E-state index is 13.7. The zero-order valence-corrected chi connectivity index (χ0v) is 33.5. The van der Waals surface area contributed by atoms with E-state index in [1.54, 1.807) is 0 Å². The summed E-state index contributed by atoms with van der Waals surface area (Å²) in [5, 5.41) is 10.4. The van der Waals surface area contributed by atoms with Gasteiger partial charge in [-0.05, 0) is 106 Å². The molecule has 12 nitrogen and oxygen atoms in total. The highest BCUT2D eigenvalue weighted by molar-refractivity contribution is 5.93. The zero-order chi connectivity index (χ0) is 40.0. The SMILES string of the molecule is COC(=O)N=NC12CC1CC(c1nc3ccc(-c4ccc5cc(-c6ccc7nc(C8CC9CC9N8C(=O)CC(C)C)[nH]c7c6)ccc5c4)cc3[nH]1)N2C(=O)CC(C)C. The van der Waals surface area contributed by atoms with Crippen molar-refractivity contribution in [2.75, 3.05) is 7.11 Å². The Morgan fingerprint density at radius 2 is 1.29 bits per heavy atom. The number of carbonyl (C=O) groups is 3. The van der Waals surface area contributed by atoms with Gasteiger partial charge in [0.15, 0.2) is 5.66 Å². The molecule has 2 saturated carbocycles. The number of methoxy groups -OCH3 is 1. The summed E-state index contributed by atoms with van der Waals surface area (Å²) in [7, 11) is 1.27. The second-order valence-electron chi connectivity index (χ2n) is 17.8. The van der Waals surface area contributed by atoms with Gasteiger partial charge < -0.3 is 24.5 Å². The van der Waals surface area contributed by atoms with Crippen molar-refractivity contribution in [2.24, 2.45) is 33.9 Å². The molecule has 10 rings (SSSR count). The van der Waals surface area contributed by atoms with Crippen molar-refractivity contribution in [1.29, 1.82) is 0 Å². The standard InChI is InChI=1S/C46H48N8O4/c1-24(2)14-41(55)53-38-20-32(38)21-39(53)43-47-34-12-10-30(18-36(34)49-43)28-8-6-27-17-29(9-7-26(27)16-28)31-11-13-35-37(19-31)50-44(48-35)40-22-33-23-46(33,52-51-45(57)58-5)54(40)42(56)15-25(3)4/h6-13,16-19,24-25,32-33,38-40H,14-15,20-23H2,1-5H3,(H,47,49)(H,48,50). The van der Waals surface area contributed by atoms with Gasteiger partial charge in [-0.1, -0.05) is 69.2 Å². The molecule has 2 aliphatic carbocycles. The Morgan fingerprint density at radius 1 is 0.741 bits per heavy atom. The molecule has 6 unspecified atom stereocenters. The highest BCUT2D eigenvalue weighted by Gasteiger charge is 2.69. The van der Waals surface area contributed by atoms with Gasteiger partial charge >= 0.3 is 6.09 Å². The Hall–Kier alpha value is -5.91. The lowest BCUT2D eigenvalue weighted by molar-refractivity contribution is -0.137. The fraction of sp³-hybridized carbons (Fsp3) is 0.413. The third kappa shape index (κ3) is 6.24. The third-order valence-electron chi connectivity index (χ3n) is 12.7. The molecule has 4 aromatic carbocycles. The quantitative estimate of drug-likeness (QED) is 0.140. The summed E-state index contributed by atoms with van der Waals surface area (Å²) in [5.41, 5.74) is 7.17. The number of H-pyrrole nitrogens is 2. The van der Waals surface area contributed by atoms with Gasteiger partial charge in [0.05, 0.1) is 41.3 Å². The normalized spacial score (nSPS) is 24.8. The molecule has 0 spiro atoms. The number of ether oxygens (including phenoxy) is 1. The maximum Gasteiger partial charge on any atom is 0.451 e. The van der Waals surface area contributed by atoms with Crippen LogP contribution in [0.25, 0.3) is 55.1 Å². The molecular weight excluding hydrogens is 729 g/mol. The van der Waals surface area contributed by atoms with E-state index in [1.165, 1.54) is 7.11 Å². The van der Waals surface area contributed by atoms with Crippen molar-refractivity contribution in [3.8, 4) is 22.3 Å². The fourth-order valence-corrected chi connectivity index (χ4v) is 9.78. The first-order valence-electron chi connectivity index (χ1n) is 20.7. The van der Waals surface area contributed by atoms with Crippen LogP contribution in [-0.4, -0.2) is 66.5 Å². The second kappa shape index (κ2) is 13.6. The van der Waals surface area contributed by atoms with Crippen LogP contribution >= 0.6 is 0 Å². The molecule has 296 valence electrons. The molecule has 12 heteroatoms. The van der Waals surface area contributed by atoms with E-state index in [2.05, 4.69) is 106 Å². The number of nitrogens with one attached hydrogen (secondary N) is 2. The molecule has 4 aliphatic rings. The molecule has 0 radical (unpaired) electrons. The fourth-order valence-electron chi connectivity index (χ4n) is 9.78. The van der Waals surface area contributed by atoms with Crippen molar-refractivity contribution in [1.82, 2.24) is 29.7 Å². The van der Waals surface area contributed by atoms with Crippen LogP contribution in [0.2, 0.25) is 0 Å². The van der Waals surface area contributed by atoms with Crippen molar-refractivity contribution in [3.05, 3.63) is 84.4 Å². The molecule has 2 saturated heterocycles. The molecule has 6 atom stereocenters. The van der Waals surface area contributed by atoms with Gasteiger partial charge in [-0.15, -0.1) is 0 Å². The van der Waals surface area contributed by atoms with Crippen molar-refractivity contribution in [3.63, 3.8) is 0 Å². The van der Waals surface area contributed by atoms with E-state index in [0.29, 0.717) is 49.4 Å². The minimum atomic E-state index is -0.831. The number of aromatic amines is 2. The van der Waals surface area contributed by atoms with Gasteiger partial charge in [0.25, 0.3) is 0 Å². The van der Waals surface area contributed by atoms with E-state index in [4.69, 9.17) is 14.7 Å². The highest BCUT2D eigenvalue weighted by atomic mass is 16.5. The van der Waals surface area contributed by atoms with Gasteiger partial charge in [-0.3, -0.25) is 9.59 Å². The summed E-state index contributed by atoms with van der Waals surface area (Å²) in [6, 6.07) is 25.8. The monoisotopic (exact) mass is 776 g/mol. The van der Waals surface area contributed by atoms with Crippen molar-refractivity contribution < 1.29 is 19.1 Å². The minimum Gasteiger partial charge on any atom is -0.450 e. The third-order valence-corrected chi connectivity index (χ3v) is 12.7. The summed E-state index contributed by atoms with van der Waals surface area (Å²) < 4.78 is 4.69. The first-order chi connectivity index (χ1) is 28.0. The summed E-state index contributed by atoms with van der Waals surface area (Å²) in [5.74, 6) is 3.06. The van der Waals surface area contributed by atoms with Gasteiger partial charge in [-0.25, -0.2) is 14.8 Å². The van der Waals surface area contributed by atoms with E-state index in [0.717, 1.165) is 73.8 Å². The Labute approximate surface area is 336 Å². The number of hydrogen-bond acceptors (Lipinski definition) is 7. The van der Waals surface area contributed by atoms with E-state index >= 15 is 0 Å². The highest BCUT2D eigenvalue weighted by Crippen LogP contribution is 2.63. The predicted molar refractivity (Wildman–Crippen MR) is 221 cm³/mol. The van der Waals surface area contributed by atoms with Crippen LogP contribution in [0.5, 0.6) is 0 Å². The number of carbonyl (C=O) groups excluding carboxylic acids is 3. The average molecular weight is 777 g/mol. The molecule has 2 aliphatic heterocycles. The lowest BCUT2D eigenvalue weighted by Crippen LogP contribution is -2.41. The lowest BCUT2D eigenvalue weighted by atomic mass is 9.97. The molecule has 2 N–H and O–H groups in total. The van der Waals surface area contributed by atoms with Crippen LogP contribution in [0, 0.1) is 23.7 Å². The number of hydrogen-bond donors (Lipinski definition) is 2. The number of aromatic nitrogens is 4. The smallest absolute Gasteiger partial charge is 0.450 e. The number of likely N-dealkylation sites (tertiary alicyclic amines) is 2.